The molecule has 1 aliphatic rings. The molecule has 0 radical (unpaired) electrons. The molecule has 0 bridgehead atoms. The van der Waals surface area contributed by atoms with Crippen molar-refractivity contribution in [3.8, 4) is 0 Å². The van der Waals surface area contributed by atoms with Crippen molar-refractivity contribution in [2.24, 2.45) is 0 Å². The van der Waals surface area contributed by atoms with Crippen LogP contribution in [0, 0.1) is 11.6 Å². The molecule has 0 atom stereocenters. The molecule has 0 aliphatic heterocycles. The minimum atomic E-state index is -5.63. The van der Waals surface area contributed by atoms with Crippen LogP contribution in [0.2, 0.25) is 0 Å². The molecule has 1 saturated carbocycles. The zero-order valence-electron chi connectivity index (χ0n) is 15.8. The third-order valence-electron chi connectivity index (χ3n) is 4.98. The van der Waals surface area contributed by atoms with E-state index >= 15 is 0 Å². The summed E-state index contributed by atoms with van der Waals surface area (Å²) in [6.45, 7) is 1.52. The maximum atomic E-state index is 14.5. The van der Waals surface area contributed by atoms with E-state index in [2.05, 4.69) is 4.72 Å². The van der Waals surface area contributed by atoms with Crippen LogP contribution < -0.4 is 9.44 Å². The summed E-state index contributed by atoms with van der Waals surface area (Å²) in [4.78, 5) is 0. The van der Waals surface area contributed by atoms with E-state index in [1.807, 2.05) is 0 Å². The number of nitrogens with one attached hydrogen (secondary N) is 2. The monoisotopic (exact) mass is 476 g/mol. The highest BCUT2D eigenvalue weighted by atomic mass is 32.2. The molecular weight excluding hydrogens is 455 g/mol. The van der Waals surface area contributed by atoms with Gasteiger partial charge in [-0.25, -0.2) is 35.1 Å². The van der Waals surface area contributed by atoms with Crippen molar-refractivity contribution in [2.75, 3.05) is 6.54 Å². The van der Waals surface area contributed by atoms with Crippen molar-refractivity contribution in [3.63, 3.8) is 0 Å². The van der Waals surface area contributed by atoms with Gasteiger partial charge >= 0.3 is 15.5 Å². The van der Waals surface area contributed by atoms with E-state index < -0.39 is 66.4 Å². The van der Waals surface area contributed by atoms with E-state index in [0.29, 0.717) is 0 Å². The van der Waals surface area contributed by atoms with Gasteiger partial charge in [-0.3, -0.25) is 0 Å². The van der Waals surface area contributed by atoms with Crippen LogP contribution in [0.5, 0.6) is 0 Å². The van der Waals surface area contributed by atoms with Gasteiger partial charge in [0.15, 0.2) is 0 Å². The predicted octanol–water partition coefficient (Wildman–Crippen LogP) is 3.04. The number of hydrogen-bond donors (Lipinski definition) is 2. The lowest BCUT2D eigenvalue weighted by Crippen LogP contribution is -2.51. The number of sulfonamides is 2. The summed E-state index contributed by atoms with van der Waals surface area (Å²) in [5, 5.41) is 0. The molecule has 0 spiro atoms. The van der Waals surface area contributed by atoms with Gasteiger partial charge in [0.05, 0.1) is 0 Å². The molecule has 1 aromatic rings. The lowest BCUT2D eigenvalue weighted by molar-refractivity contribution is -0.0452. The lowest BCUT2D eigenvalue weighted by atomic mass is 9.81. The Morgan fingerprint density at radius 3 is 2.27 bits per heavy atom. The first-order valence-electron chi connectivity index (χ1n) is 8.90. The topological polar surface area (TPSA) is 92.3 Å². The molecule has 0 unspecified atom stereocenters. The first-order valence-corrected chi connectivity index (χ1v) is 11.9. The fourth-order valence-electron chi connectivity index (χ4n) is 3.43. The third-order valence-corrected chi connectivity index (χ3v) is 8.44. The Morgan fingerprint density at radius 1 is 1.13 bits per heavy atom. The largest absolute Gasteiger partial charge is 0.511 e. The number of benzene rings is 1. The van der Waals surface area contributed by atoms with E-state index in [-0.39, 0.29) is 19.4 Å². The summed E-state index contributed by atoms with van der Waals surface area (Å²) in [5.41, 5.74) is -5.97. The van der Waals surface area contributed by atoms with Crippen molar-refractivity contribution in [1.82, 2.24) is 9.44 Å². The van der Waals surface area contributed by atoms with Crippen molar-refractivity contribution in [1.29, 1.82) is 0 Å². The normalized spacial score (nSPS) is 23.7. The second-order valence-corrected chi connectivity index (χ2v) is 10.7. The van der Waals surface area contributed by atoms with Crippen LogP contribution in [0.4, 0.5) is 22.0 Å². The molecule has 0 aromatic heterocycles. The third kappa shape index (κ3) is 5.01. The Labute approximate surface area is 171 Å². The quantitative estimate of drug-likeness (QED) is 0.468. The van der Waals surface area contributed by atoms with Gasteiger partial charge in [-0.05, 0) is 50.8 Å². The Morgan fingerprint density at radius 2 is 1.73 bits per heavy atom. The summed E-state index contributed by atoms with van der Waals surface area (Å²) in [6.07, 6.45) is 1.58. The molecule has 1 aliphatic carbocycles. The molecule has 13 heteroatoms. The van der Waals surface area contributed by atoms with Gasteiger partial charge in [0, 0.05) is 18.2 Å². The molecular formula is C17H21F5N2O4S2. The molecule has 30 heavy (non-hydrogen) atoms. The highest BCUT2D eigenvalue weighted by Crippen LogP contribution is 2.45. The van der Waals surface area contributed by atoms with E-state index in [9.17, 15) is 38.8 Å². The number of allylic oxidation sites excluding steroid dienone is 1. The summed E-state index contributed by atoms with van der Waals surface area (Å²) in [6, 6.07) is 1.12. The molecule has 0 amide bonds. The molecule has 2 N–H and O–H groups in total. The van der Waals surface area contributed by atoms with E-state index in [4.69, 9.17) is 0 Å². The highest BCUT2D eigenvalue weighted by Gasteiger charge is 2.52. The Hall–Kier alpha value is -1.57. The summed E-state index contributed by atoms with van der Waals surface area (Å²) in [7, 11) is -9.94. The van der Waals surface area contributed by atoms with Gasteiger partial charge in [-0.15, -0.1) is 0 Å². The van der Waals surface area contributed by atoms with Crippen LogP contribution in [0.1, 0.15) is 38.2 Å². The smallest absolute Gasteiger partial charge is 0.211 e. The first-order chi connectivity index (χ1) is 13.8. The standard InChI is InChI=1S/C17H21F5N2O4S2/c1-2-3-10-23-29(25,26)16(14-11-12(18)4-5-15(14)19)8-6-13(7-9-16)24-30(27,28)17(20,21)22/h2-5,11,13,23-24H,6-10H2,1H3/b3-2+. The summed E-state index contributed by atoms with van der Waals surface area (Å²) < 4.78 is 117. The molecule has 0 saturated heterocycles. The average molecular weight is 476 g/mol. The van der Waals surface area contributed by atoms with Gasteiger partial charge in [-0.1, -0.05) is 12.2 Å². The first kappa shape index (κ1) is 24.7. The molecule has 0 heterocycles. The highest BCUT2D eigenvalue weighted by molar-refractivity contribution is 7.90. The van der Waals surface area contributed by atoms with E-state index in [0.717, 1.165) is 18.2 Å². The predicted molar refractivity (Wildman–Crippen MR) is 100 cm³/mol. The van der Waals surface area contributed by atoms with Crippen LogP contribution in [-0.2, 0) is 24.8 Å². The Bertz CT molecular complexity index is 999. The Kier molecular flexibility index (Phi) is 7.32. The molecule has 170 valence electrons. The maximum absolute atomic E-state index is 14.5. The second kappa shape index (κ2) is 8.89. The van der Waals surface area contributed by atoms with Gasteiger partial charge in [0.25, 0.3) is 0 Å². The SMILES string of the molecule is C/C=C/CNS(=O)(=O)C1(c2cc(F)ccc2F)CCC(NS(=O)(=O)C(F)(F)F)CC1. The minimum absolute atomic E-state index is 0.123. The molecule has 1 aromatic carbocycles. The molecule has 2 rings (SSSR count). The van der Waals surface area contributed by atoms with Crippen LogP contribution in [0.3, 0.4) is 0 Å². The summed E-state index contributed by atoms with van der Waals surface area (Å²) in [5.74, 6) is -1.86. The van der Waals surface area contributed by atoms with Crippen LogP contribution in [0.15, 0.2) is 30.4 Å². The summed E-state index contributed by atoms with van der Waals surface area (Å²) >= 11 is 0. The maximum Gasteiger partial charge on any atom is 0.511 e. The van der Waals surface area contributed by atoms with E-state index in [1.165, 1.54) is 10.8 Å². The zero-order valence-corrected chi connectivity index (χ0v) is 17.5. The number of rotatable bonds is 7. The van der Waals surface area contributed by atoms with Crippen LogP contribution in [0.25, 0.3) is 0 Å². The molecule has 1 fully saturated rings. The number of alkyl halides is 3. The fraction of sp³-hybridized carbons (Fsp3) is 0.529. The lowest BCUT2D eigenvalue weighted by Gasteiger charge is -2.40. The van der Waals surface area contributed by atoms with E-state index in [1.54, 1.807) is 13.0 Å². The molecule has 6 nitrogen and oxygen atoms in total. The number of hydrogen-bond acceptors (Lipinski definition) is 4. The number of halogens is 5. The van der Waals surface area contributed by atoms with Crippen molar-refractivity contribution < 1.29 is 38.8 Å². The van der Waals surface area contributed by atoms with Gasteiger partial charge in [0.2, 0.25) is 10.0 Å². The van der Waals surface area contributed by atoms with Gasteiger partial charge in [0.1, 0.15) is 16.4 Å². The van der Waals surface area contributed by atoms with Gasteiger partial charge < -0.3 is 0 Å². The second-order valence-electron chi connectivity index (χ2n) is 6.88. The van der Waals surface area contributed by atoms with Crippen molar-refractivity contribution in [2.45, 2.75) is 48.9 Å². The fourth-order valence-corrected chi connectivity index (χ4v) is 6.05. The van der Waals surface area contributed by atoms with Crippen molar-refractivity contribution >= 4 is 20.0 Å². The van der Waals surface area contributed by atoms with Crippen LogP contribution >= 0.6 is 0 Å². The van der Waals surface area contributed by atoms with Crippen molar-refractivity contribution in [3.05, 3.63) is 47.5 Å². The Balaban J connectivity index is 2.40. The van der Waals surface area contributed by atoms with Gasteiger partial charge in [-0.2, -0.15) is 13.2 Å². The zero-order chi connectivity index (χ0) is 22.8. The minimum Gasteiger partial charge on any atom is -0.211 e. The average Bonchev–Trinajstić information content (AvgIpc) is 2.63. The van der Waals surface area contributed by atoms with Crippen LogP contribution in [-0.4, -0.2) is 34.9 Å².